The zero-order valence-electron chi connectivity index (χ0n) is 15.7. The Bertz CT molecular complexity index is 946. The van der Waals surface area contributed by atoms with Gasteiger partial charge in [-0.2, -0.15) is 15.8 Å². The van der Waals surface area contributed by atoms with Crippen molar-refractivity contribution in [3.8, 4) is 24.0 Å². The van der Waals surface area contributed by atoms with Crippen LogP contribution in [-0.4, -0.2) is 18.3 Å². The largest absolute Gasteiger partial charge is 0.493 e. The van der Waals surface area contributed by atoms with Crippen molar-refractivity contribution in [1.82, 2.24) is 0 Å². The van der Waals surface area contributed by atoms with E-state index in [1.165, 1.54) is 0 Å². The number of halogens is 1. The quantitative estimate of drug-likeness (QED) is 0.744. The van der Waals surface area contributed by atoms with Gasteiger partial charge in [0, 0.05) is 16.5 Å². The SMILES string of the molecule is CCOc1ccc(Br)cc1C1OC2(CC)OC(=N)C(C#N)(C2C)C1(C#N)C#N. The van der Waals surface area contributed by atoms with Gasteiger partial charge in [0.2, 0.25) is 17.1 Å². The third kappa shape index (κ3) is 2.24. The minimum Gasteiger partial charge on any atom is -0.493 e. The second-order valence-electron chi connectivity index (χ2n) is 6.88. The van der Waals surface area contributed by atoms with E-state index in [4.69, 9.17) is 19.6 Å². The maximum atomic E-state index is 10.2. The zero-order chi connectivity index (χ0) is 20.7. The molecule has 2 saturated heterocycles. The molecule has 0 radical (unpaired) electrons. The predicted octanol–water partition coefficient (Wildman–Crippen LogP) is 4.21. The van der Waals surface area contributed by atoms with Crippen LogP contribution < -0.4 is 4.74 Å². The number of benzene rings is 1. The lowest BCUT2D eigenvalue weighted by Gasteiger charge is -2.48. The number of hydrogen-bond donors (Lipinski definition) is 1. The van der Waals surface area contributed by atoms with Crippen molar-refractivity contribution in [2.45, 2.75) is 39.1 Å². The summed E-state index contributed by atoms with van der Waals surface area (Å²) in [5.41, 5.74) is -3.29. The van der Waals surface area contributed by atoms with Gasteiger partial charge in [-0.3, -0.25) is 5.41 Å². The maximum absolute atomic E-state index is 10.2. The first-order valence-corrected chi connectivity index (χ1v) is 9.73. The van der Waals surface area contributed by atoms with Crippen LogP contribution in [0.5, 0.6) is 5.75 Å². The third-order valence-corrected chi connectivity index (χ3v) is 6.34. The lowest BCUT2D eigenvalue weighted by Crippen LogP contribution is -2.58. The monoisotopic (exact) mass is 442 g/mol. The Morgan fingerprint density at radius 2 is 1.89 bits per heavy atom. The molecule has 1 aromatic carbocycles. The van der Waals surface area contributed by atoms with Crippen molar-refractivity contribution in [1.29, 1.82) is 21.2 Å². The highest BCUT2D eigenvalue weighted by atomic mass is 79.9. The van der Waals surface area contributed by atoms with Gasteiger partial charge in [0.15, 0.2) is 5.41 Å². The Morgan fingerprint density at radius 1 is 1.21 bits per heavy atom. The highest BCUT2D eigenvalue weighted by molar-refractivity contribution is 9.10. The fraction of sp³-hybridized carbons (Fsp3) is 0.500. The second-order valence-corrected chi connectivity index (χ2v) is 7.80. The number of fused-ring (bicyclic) bond motifs is 2. The molecular formula is C20H19BrN4O3. The summed E-state index contributed by atoms with van der Waals surface area (Å²) in [6.07, 6.45) is -0.790. The molecule has 2 heterocycles. The van der Waals surface area contributed by atoms with Gasteiger partial charge < -0.3 is 14.2 Å². The van der Waals surface area contributed by atoms with Gasteiger partial charge in [-0.25, -0.2) is 0 Å². The lowest BCUT2D eigenvalue weighted by molar-refractivity contribution is -0.280. The van der Waals surface area contributed by atoms with Crippen LogP contribution in [-0.2, 0) is 9.47 Å². The van der Waals surface area contributed by atoms with Gasteiger partial charge in [0.1, 0.15) is 11.9 Å². The van der Waals surface area contributed by atoms with Crippen molar-refractivity contribution in [3.05, 3.63) is 28.2 Å². The molecule has 3 rings (SSSR count). The molecule has 1 aromatic rings. The average Bonchev–Trinajstić information content (AvgIpc) is 2.85. The fourth-order valence-electron chi connectivity index (χ4n) is 4.33. The first-order valence-electron chi connectivity index (χ1n) is 8.94. The first kappa shape index (κ1) is 20.1. The van der Waals surface area contributed by atoms with E-state index in [9.17, 15) is 15.8 Å². The molecule has 0 aromatic heterocycles. The summed E-state index contributed by atoms with van der Waals surface area (Å²) in [6.45, 7) is 5.71. The van der Waals surface area contributed by atoms with Crippen LogP contribution in [0, 0.1) is 56.2 Å². The molecule has 4 unspecified atom stereocenters. The van der Waals surface area contributed by atoms with E-state index in [2.05, 4.69) is 22.0 Å². The molecule has 2 aliphatic heterocycles. The van der Waals surface area contributed by atoms with Crippen LogP contribution in [0.2, 0.25) is 0 Å². The molecule has 0 amide bonds. The molecule has 8 heteroatoms. The minimum atomic E-state index is -1.99. The van der Waals surface area contributed by atoms with Crippen molar-refractivity contribution in [3.63, 3.8) is 0 Å². The lowest BCUT2D eigenvalue weighted by atomic mass is 9.53. The maximum Gasteiger partial charge on any atom is 0.217 e. The number of rotatable bonds is 4. The summed E-state index contributed by atoms with van der Waals surface area (Å²) >= 11 is 3.41. The number of nitriles is 3. The Morgan fingerprint density at radius 3 is 2.43 bits per heavy atom. The molecule has 1 N–H and O–H groups in total. The van der Waals surface area contributed by atoms with Gasteiger partial charge in [-0.15, -0.1) is 0 Å². The fourth-order valence-corrected chi connectivity index (χ4v) is 4.71. The molecule has 2 aliphatic rings. The van der Waals surface area contributed by atoms with Crippen molar-refractivity contribution >= 4 is 21.8 Å². The summed E-state index contributed by atoms with van der Waals surface area (Å²) < 4.78 is 18.5. The Hall–Kier alpha value is -2.60. The van der Waals surface area contributed by atoms with Crippen molar-refractivity contribution < 1.29 is 14.2 Å². The molecule has 0 aliphatic carbocycles. The van der Waals surface area contributed by atoms with Crippen LogP contribution in [0.1, 0.15) is 38.9 Å². The summed E-state index contributed by atoms with van der Waals surface area (Å²) in [5, 5.41) is 38.9. The van der Waals surface area contributed by atoms with Crippen molar-refractivity contribution in [2.24, 2.45) is 16.7 Å². The highest BCUT2D eigenvalue weighted by Crippen LogP contribution is 2.67. The highest BCUT2D eigenvalue weighted by Gasteiger charge is 2.79. The summed E-state index contributed by atoms with van der Waals surface area (Å²) in [5.74, 6) is -1.91. The zero-order valence-corrected chi connectivity index (χ0v) is 17.3. The van der Waals surface area contributed by atoms with Crippen LogP contribution in [0.4, 0.5) is 0 Å². The summed E-state index contributed by atoms with van der Waals surface area (Å²) in [6, 6.07) is 11.4. The van der Waals surface area contributed by atoms with E-state index in [0.717, 1.165) is 0 Å². The van der Waals surface area contributed by atoms with E-state index in [1.54, 1.807) is 25.1 Å². The van der Waals surface area contributed by atoms with E-state index < -0.39 is 34.5 Å². The van der Waals surface area contributed by atoms with Crippen LogP contribution in [0.25, 0.3) is 0 Å². The molecule has 7 nitrogen and oxygen atoms in total. The first-order chi connectivity index (χ1) is 13.3. The van der Waals surface area contributed by atoms with Crippen molar-refractivity contribution in [2.75, 3.05) is 6.61 Å². The topological polar surface area (TPSA) is 123 Å². The van der Waals surface area contributed by atoms with Crippen LogP contribution in [0.15, 0.2) is 22.7 Å². The van der Waals surface area contributed by atoms with Gasteiger partial charge in [0.05, 0.1) is 30.7 Å². The van der Waals surface area contributed by atoms with E-state index >= 15 is 0 Å². The van der Waals surface area contributed by atoms with Gasteiger partial charge in [0.25, 0.3) is 0 Å². The predicted molar refractivity (Wildman–Crippen MR) is 102 cm³/mol. The normalized spacial score (nSPS) is 32.5. The van der Waals surface area contributed by atoms with E-state index in [0.29, 0.717) is 28.8 Å². The minimum absolute atomic E-state index is 0.349. The Labute approximate surface area is 172 Å². The Balaban J connectivity index is 2.36. The van der Waals surface area contributed by atoms with Gasteiger partial charge in [-0.05, 0) is 25.1 Å². The van der Waals surface area contributed by atoms with Crippen LogP contribution >= 0.6 is 15.9 Å². The molecule has 4 atom stereocenters. The summed E-state index contributed by atoms with van der Waals surface area (Å²) in [7, 11) is 0. The average molecular weight is 443 g/mol. The number of hydrogen-bond acceptors (Lipinski definition) is 7. The molecule has 0 saturated carbocycles. The molecule has 144 valence electrons. The second kappa shape index (κ2) is 6.78. The Kier molecular flexibility index (Phi) is 4.88. The molecular weight excluding hydrogens is 424 g/mol. The number of nitrogens with one attached hydrogen (secondary N) is 1. The molecule has 0 spiro atoms. The van der Waals surface area contributed by atoms with Gasteiger partial charge in [-0.1, -0.05) is 29.8 Å². The standard InChI is InChI=1S/C20H19BrN4O3/c1-4-20-12(3)19(11-24,17(25)28-20)18(9-22,10-23)16(27-20)14-8-13(21)6-7-15(14)26-5-2/h6-8,12,16,25H,4-5H2,1-3H3. The third-order valence-electron chi connectivity index (χ3n) is 5.85. The van der Waals surface area contributed by atoms with E-state index in [1.807, 2.05) is 26.0 Å². The number of ether oxygens (including phenoxy) is 3. The van der Waals surface area contributed by atoms with Crippen LogP contribution in [0.3, 0.4) is 0 Å². The number of nitrogens with zero attached hydrogens (tertiary/aromatic N) is 3. The summed E-state index contributed by atoms with van der Waals surface area (Å²) in [4.78, 5) is 0. The smallest absolute Gasteiger partial charge is 0.217 e. The molecule has 2 fully saturated rings. The molecule has 28 heavy (non-hydrogen) atoms. The van der Waals surface area contributed by atoms with E-state index in [-0.39, 0.29) is 0 Å². The van der Waals surface area contributed by atoms with Gasteiger partial charge >= 0.3 is 0 Å². The molecule has 2 bridgehead atoms.